The Balaban J connectivity index is 1.62. The van der Waals surface area contributed by atoms with Gasteiger partial charge in [-0.15, -0.1) is 0 Å². The van der Waals surface area contributed by atoms with E-state index < -0.39 is 5.60 Å². The average molecular weight is 386 g/mol. The van der Waals surface area contributed by atoms with Gasteiger partial charge in [-0.05, 0) is 41.0 Å². The minimum atomic E-state index is -0.871. The zero-order valence-corrected chi connectivity index (χ0v) is 16.7. The van der Waals surface area contributed by atoms with Gasteiger partial charge in [0.2, 0.25) is 0 Å². The van der Waals surface area contributed by atoms with Crippen LogP contribution < -0.4 is 10.1 Å². The van der Waals surface area contributed by atoms with Crippen LogP contribution in [0.4, 0.5) is 0 Å². The van der Waals surface area contributed by atoms with Crippen molar-refractivity contribution in [3.63, 3.8) is 0 Å². The molecule has 0 aromatic heterocycles. The van der Waals surface area contributed by atoms with E-state index in [0.717, 1.165) is 34.7 Å². The van der Waals surface area contributed by atoms with E-state index in [1.807, 2.05) is 60.7 Å². The summed E-state index contributed by atoms with van der Waals surface area (Å²) in [5.74, 6) is 0.855. The largest absolute Gasteiger partial charge is 0.497 e. The van der Waals surface area contributed by atoms with Crippen molar-refractivity contribution in [1.29, 1.82) is 0 Å². The van der Waals surface area contributed by atoms with Crippen LogP contribution in [0.5, 0.6) is 5.75 Å². The van der Waals surface area contributed by atoms with Crippen molar-refractivity contribution in [3.05, 3.63) is 108 Å². The minimum Gasteiger partial charge on any atom is -0.497 e. The first-order valence-electron chi connectivity index (χ1n) is 10.1. The number of benzene rings is 3. The van der Waals surface area contributed by atoms with E-state index in [1.54, 1.807) is 7.11 Å². The number of hydrogen-bond donors (Lipinski definition) is 2. The quantitative estimate of drug-likeness (QED) is 0.630. The van der Waals surface area contributed by atoms with Gasteiger partial charge in [0, 0.05) is 31.0 Å². The Morgan fingerprint density at radius 1 is 0.862 bits per heavy atom. The fourth-order valence-electron chi connectivity index (χ4n) is 4.08. The SMILES string of the molecule is COc1ccc(C2=C[C@H](C(O)(Cc3ccccc3)Cc3ccccc3)CN2)cc1. The lowest BCUT2D eigenvalue weighted by Gasteiger charge is -2.33. The van der Waals surface area contributed by atoms with Crippen LogP contribution in [-0.2, 0) is 12.8 Å². The first-order chi connectivity index (χ1) is 14.2. The van der Waals surface area contributed by atoms with Crippen LogP contribution in [0.1, 0.15) is 16.7 Å². The molecular formula is C26H27NO2. The molecule has 29 heavy (non-hydrogen) atoms. The summed E-state index contributed by atoms with van der Waals surface area (Å²) in [6.45, 7) is 0.720. The Morgan fingerprint density at radius 3 is 1.93 bits per heavy atom. The van der Waals surface area contributed by atoms with Crippen LogP contribution in [0.3, 0.4) is 0 Å². The molecule has 148 valence electrons. The van der Waals surface area contributed by atoms with Crippen molar-refractivity contribution >= 4 is 5.70 Å². The van der Waals surface area contributed by atoms with Crippen molar-refractivity contribution < 1.29 is 9.84 Å². The van der Waals surface area contributed by atoms with Crippen LogP contribution in [0, 0.1) is 5.92 Å². The normalized spacial score (nSPS) is 16.2. The summed E-state index contributed by atoms with van der Waals surface area (Å²) in [7, 11) is 1.67. The molecule has 4 rings (SSSR count). The average Bonchev–Trinajstić information content (AvgIpc) is 3.26. The lowest BCUT2D eigenvalue weighted by atomic mass is 9.78. The third-order valence-electron chi connectivity index (χ3n) is 5.68. The maximum absolute atomic E-state index is 11.9. The lowest BCUT2D eigenvalue weighted by molar-refractivity contribution is 0.00386. The second kappa shape index (κ2) is 8.54. The number of ether oxygens (including phenoxy) is 1. The molecule has 0 unspecified atom stereocenters. The monoisotopic (exact) mass is 385 g/mol. The first-order valence-corrected chi connectivity index (χ1v) is 10.1. The second-order valence-electron chi connectivity index (χ2n) is 7.72. The molecule has 2 N–H and O–H groups in total. The highest BCUT2D eigenvalue weighted by molar-refractivity contribution is 5.67. The summed E-state index contributed by atoms with van der Waals surface area (Å²) in [6, 6.07) is 28.5. The zero-order chi connectivity index (χ0) is 20.1. The van der Waals surface area contributed by atoms with E-state index in [0.29, 0.717) is 12.8 Å². The highest BCUT2D eigenvalue weighted by atomic mass is 16.5. The van der Waals surface area contributed by atoms with E-state index >= 15 is 0 Å². The van der Waals surface area contributed by atoms with Crippen LogP contribution >= 0.6 is 0 Å². The van der Waals surface area contributed by atoms with Crippen LogP contribution in [0.2, 0.25) is 0 Å². The van der Waals surface area contributed by atoms with Gasteiger partial charge in [0.15, 0.2) is 0 Å². The van der Waals surface area contributed by atoms with Gasteiger partial charge in [0.1, 0.15) is 5.75 Å². The second-order valence-corrected chi connectivity index (χ2v) is 7.72. The maximum Gasteiger partial charge on any atom is 0.118 e. The number of rotatable bonds is 7. The molecule has 0 bridgehead atoms. The van der Waals surface area contributed by atoms with Gasteiger partial charge >= 0.3 is 0 Å². The van der Waals surface area contributed by atoms with Gasteiger partial charge < -0.3 is 15.2 Å². The van der Waals surface area contributed by atoms with Crippen LogP contribution in [0.15, 0.2) is 91.0 Å². The van der Waals surface area contributed by atoms with Gasteiger partial charge in [-0.25, -0.2) is 0 Å². The van der Waals surface area contributed by atoms with Gasteiger partial charge in [0.25, 0.3) is 0 Å². The summed E-state index contributed by atoms with van der Waals surface area (Å²) in [6.07, 6.45) is 3.41. The maximum atomic E-state index is 11.9. The predicted molar refractivity (Wildman–Crippen MR) is 118 cm³/mol. The van der Waals surface area contributed by atoms with Crippen molar-refractivity contribution in [2.45, 2.75) is 18.4 Å². The molecule has 3 heteroatoms. The number of methoxy groups -OCH3 is 1. The third kappa shape index (κ3) is 4.52. The van der Waals surface area contributed by atoms with Gasteiger partial charge in [-0.1, -0.05) is 66.7 Å². The molecular weight excluding hydrogens is 358 g/mol. The smallest absolute Gasteiger partial charge is 0.118 e. The van der Waals surface area contributed by atoms with E-state index in [9.17, 15) is 5.11 Å². The van der Waals surface area contributed by atoms with E-state index in [2.05, 4.69) is 35.7 Å². The Labute approximate surface area is 172 Å². The lowest BCUT2D eigenvalue weighted by Crippen LogP contribution is -2.43. The molecule has 0 fully saturated rings. The topological polar surface area (TPSA) is 41.5 Å². The number of hydrogen-bond acceptors (Lipinski definition) is 3. The van der Waals surface area contributed by atoms with E-state index in [1.165, 1.54) is 0 Å². The van der Waals surface area contributed by atoms with Crippen LogP contribution in [0.25, 0.3) is 5.70 Å². The molecule has 0 amide bonds. The van der Waals surface area contributed by atoms with Crippen molar-refractivity contribution in [1.82, 2.24) is 5.32 Å². The van der Waals surface area contributed by atoms with Crippen LogP contribution in [-0.4, -0.2) is 24.4 Å². The summed E-state index contributed by atoms with van der Waals surface area (Å²) in [4.78, 5) is 0. The molecule has 3 aromatic carbocycles. The summed E-state index contributed by atoms with van der Waals surface area (Å²) in [5, 5.41) is 15.4. The summed E-state index contributed by atoms with van der Waals surface area (Å²) >= 11 is 0. The fraction of sp³-hybridized carbons (Fsp3) is 0.231. The highest BCUT2D eigenvalue weighted by Gasteiger charge is 2.38. The summed E-state index contributed by atoms with van der Waals surface area (Å²) in [5.41, 5.74) is 3.60. The molecule has 1 aliphatic heterocycles. The number of nitrogens with one attached hydrogen (secondary N) is 1. The Hall–Kier alpha value is -3.04. The van der Waals surface area contributed by atoms with Gasteiger partial charge in [-0.2, -0.15) is 0 Å². The number of aliphatic hydroxyl groups is 1. The molecule has 0 saturated heterocycles. The third-order valence-corrected chi connectivity index (χ3v) is 5.68. The molecule has 0 saturated carbocycles. The Kier molecular flexibility index (Phi) is 5.68. The first kappa shape index (κ1) is 19.3. The molecule has 1 atom stereocenters. The minimum absolute atomic E-state index is 0.0139. The van der Waals surface area contributed by atoms with Crippen molar-refractivity contribution in [2.75, 3.05) is 13.7 Å². The predicted octanol–water partition coefficient (Wildman–Crippen LogP) is 4.47. The van der Waals surface area contributed by atoms with Gasteiger partial charge in [0.05, 0.1) is 12.7 Å². The molecule has 1 aliphatic rings. The Bertz CT molecular complexity index is 908. The van der Waals surface area contributed by atoms with Crippen molar-refractivity contribution in [3.8, 4) is 5.75 Å². The molecule has 0 aliphatic carbocycles. The fourth-order valence-corrected chi connectivity index (χ4v) is 4.08. The van der Waals surface area contributed by atoms with Gasteiger partial charge in [-0.3, -0.25) is 0 Å². The molecule has 0 spiro atoms. The standard InChI is InChI=1S/C26H27NO2/c1-29-24-14-12-22(13-15-24)25-16-23(19-27-25)26(28,17-20-8-4-2-5-9-20)18-21-10-6-3-7-11-21/h2-16,23,27-28H,17-19H2,1H3/t23-/m0/s1. The highest BCUT2D eigenvalue weighted by Crippen LogP contribution is 2.33. The van der Waals surface area contributed by atoms with Crippen molar-refractivity contribution in [2.24, 2.45) is 5.92 Å². The zero-order valence-electron chi connectivity index (χ0n) is 16.7. The summed E-state index contributed by atoms with van der Waals surface area (Å²) < 4.78 is 5.26. The molecule has 1 heterocycles. The molecule has 0 radical (unpaired) electrons. The van der Waals surface area contributed by atoms with E-state index in [4.69, 9.17) is 4.74 Å². The Morgan fingerprint density at radius 2 is 1.41 bits per heavy atom. The molecule has 3 nitrogen and oxygen atoms in total. The molecule has 3 aromatic rings. The van der Waals surface area contributed by atoms with E-state index in [-0.39, 0.29) is 5.92 Å².